The predicted octanol–water partition coefficient (Wildman–Crippen LogP) is 14.1. The highest BCUT2D eigenvalue weighted by Crippen LogP contribution is 2.11. The largest absolute Gasteiger partial charge is 0.351 e. The number of pyridine rings is 3. The number of hydrogen-bond donors (Lipinski definition) is 0. The van der Waals surface area contributed by atoms with Crippen LogP contribution in [0.2, 0.25) is 0 Å². The standard InChI is InChI=1S/C8H11N.C7H9NO.C6H9N2O.2C6H7N.7C2H6.2CH4/c1-7-4-5-8(2)9(3)6-7;1-6-4-3-5-8(2)7(6)9;1-6-3-4-7(2)8(9)5-6;1-6-2-4-7-5-3-6;1-6-3-2-4-7-5-6;7*1-2;;/h4-6H,2H2,1,3H3;2*3-5H,1-2H3;2*2-5H,1H3;7*1-2H3;2*1H4/q;;+1;;;;;;;;;;;. The summed E-state index contributed by atoms with van der Waals surface area (Å²) in [5, 5.41) is 0. The van der Waals surface area contributed by atoms with E-state index in [1.165, 1.54) is 27.6 Å². The highest BCUT2D eigenvalue weighted by atomic mass is 16.3. The van der Waals surface area contributed by atoms with Crippen molar-refractivity contribution in [2.45, 2.75) is 146 Å². The predicted molar refractivity (Wildman–Crippen MR) is 261 cm³/mol. The first kappa shape index (κ1) is 73.3. The summed E-state index contributed by atoms with van der Waals surface area (Å²) >= 11 is 0. The van der Waals surface area contributed by atoms with Crippen molar-refractivity contribution in [3.05, 3.63) is 160 Å². The maximum absolute atomic E-state index is 10.9. The molecule has 0 saturated heterocycles. The summed E-state index contributed by atoms with van der Waals surface area (Å²) in [5.74, 6) is 0. The van der Waals surface area contributed by atoms with Gasteiger partial charge in [-0.2, -0.15) is 0 Å². The van der Waals surface area contributed by atoms with Crippen LogP contribution < -0.4 is 10.1 Å². The molecule has 57 heavy (non-hydrogen) atoms. The molecule has 4 aromatic rings. The summed E-state index contributed by atoms with van der Waals surface area (Å²) < 4.78 is 3.82. The quantitative estimate of drug-likeness (QED) is 0.166. The topological polar surface area (TPSA) is 78.9 Å². The SMILES string of the molecule is C.C.C=C1C=CC(C)=CN1C.CC.CC.CC.CC.CC.CC.CC.Cc1cccn(C)c1=O.Cc1cccnc1.Cc1ccn(C)[n+](=O)c1.Cc1ccncc1. The lowest BCUT2D eigenvalue weighted by Gasteiger charge is -2.18. The number of likely N-dealkylation sites (N-methyl/N-ethyl adjacent to an activating group) is 1. The van der Waals surface area contributed by atoms with Gasteiger partial charge in [0.2, 0.25) is 0 Å². The second-order valence-electron chi connectivity index (χ2n) is 9.54. The smallest absolute Gasteiger partial charge is 0.260 e. The summed E-state index contributed by atoms with van der Waals surface area (Å²) in [6, 6.07) is 13.4. The Hall–Kier alpha value is -4.85. The van der Waals surface area contributed by atoms with E-state index in [0.717, 1.165) is 21.4 Å². The van der Waals surface area contributed by atoms with E-state index in [1.54, 1.807) is 49.6 Å². The number of aromatic nitrogens is 5. The van der Waals surface area contributed by atoms with Gasteiger partial charge in [0.25, 0.3) is 11.8 Å². The van der Waals surface area contributed by atoms with Crippen LogP contribution in [0.4, 0.5) is 0 Å². The van der Waals surface area contributed by atoms with Crippen LogP contribution in [-0.2, 0) is 14.1 Å². The van der Waals surface area contributed by atoms with Gasteiger partial charge in [-0.05, 0) is 87.7 Å². The van der Waals surface area contributed by atoms with Crippen LogP contribution in [-0.4, -0.2) is 31.2 Å². The van der Waals surface area contributed by atoms with Crippen molar-refractivity contribution in [1.82, 2.24) is 24.1 Å². The number of rotatable bonds is 0. The molecule has 0 unspecified atom stereocenters. The second kappa shape index (κ2) is 57.9. The molecule has 1 aliphatic heterocycles. The summed E-state index contributed by atoms with van der Waals surface area (Å²) in [7, 11) is 5.44. The van der Waals surface area contributed by atoms with E-state index in [-0.39, 0.29) is 20.4 Å². The van der Waals surface area contributed by atoms with Gasteiger partial charge in [0.1, 0.15) is 0 Å². The maximum atomic E-state index is 10.9. The highest BCUT2D eigenvalue weighted by molar-refractivity contribution is 5.30. The van der Waals surface area contributed by atoms with Crippen molar-refractivity contribution in [3.8, 4) is 0 Å². The third kappa shape index (κ3) is 47.2. The van der Waals surface area contributed by atoms with E-state index in [1.807, 2.05) is 191 Å². The molecule has 0 fully saturated rings. The van der Waals surface area contributed by atoms with E-state index >= 15 is 0 Å². The normalized spacial score (nSPS) is 8.77. The molecule has 0 aromatic carbocycles. The summed E-state index contributed by atoms with van der Waals surface area (Å²) in [4.78, 5) is 31.4. The molecule has 0 atom stereocenters. The molecular formula is C49H93N6O2+. The van der Waals surface area contributed by atoms with Crippen molar-refractivity contribution in [2.75, 3.05) is 7.05 Å². The number of aryl methyl sites for hydroxylation is 6. The number of nitrogens with zero attached hydrogens (tertiary/aromatic N) is 6. The molecule has 5 heterocycles. The Balaban J connectivity index is -0.0000000665. The summed E-state index contributed by atoms with van der Waals surface area (Å²) in [5.41, 5.74) is 6.63. The fraction of sp³-hybridized carbons (Fsp3) is 0.490. The van der Waals surface area contributed by atoms with Gasteiger partial charge in [-0.25, -0.2) is 0 Å². The van der Waals surface area contributed by atoms with Crippen molar-refractivity contribution < 1.29 is 4.54 Å². The Labute approximate surface area is 354 Å². The molecule has 8 heteroatoms. The lowest BCUT2D eigenvalue weighted by molar-refractivity contribution is -0.595. The van der Waals surface area contributed by atoms with Crippen molar-refractivity contribution in [3.63, 3.8) is 0 Å². The van der Waals surface area contributed by atoms with Gasteiger partial charge in [0, 0.05) is 68.1 Å². The fourth-order valence-corrected chi connectivity index (χ4v) is 2.98. The molecule has 5 rings (SSSR count). The zero-order valence-electron chi connectivity index (χ0n) is 39.5. The van der Waals surface area contributed by atoms with E-state index in [9.17, 15) is 9.70 Å². The summed E-state index contributed by atoms with van der Waals surface area (Å²) in [6.07, 6.45) is 18.3. The minimum atomic E-state index is 0. The first-order valence-electron chi connectivity index (χ1n) is 20.1. The lowest BCUT2D eigenvalue weighted by Crippen LogP contribution is -2.27. The van der Waals surface area contributed by atoms with Gasteiger partial charge in [0.15, 0.2) is 4.54 Å². The highest BCUT2D eigenvalue weighted by Gasteiger charge is 1.98. The molecule has 8 nitrogen and oxygen atoms in total. The average molecular weight is 798 g/mol. The van der Waals surface area contributed by atoms with Gasteiger partial charge in [-0.15, -0.1) is 4.68 Å². The van der Waals surface area contributed by atoms with Gasteiger partial charge in [-0.3, -0.25) is 14.8 Å². The van der Waals surface area contributed by atoms with Crippen LogP contribution in [0.25, 0.3) is 0 Å². The van der Waals surface area contributed by atoms with Crippen molar-refractivity contribution >= 4 is 0 Å². The van der Waals surface area contributed by atoms with E-state index in [4.69, 9.17) is 0 Å². The zero-order chi connectivity index (χ0) is 44.8. The van der Waals surface area contributed by atoms with E-state index in [0.29, 0.717) is 0 Å². The average Bonchev–Trinajstić information content (AvgIpc) is 3.24. The third-order valence-electron chi connectivity index (χ3n) is 5.54. The van der Waals surface area contributed by atoms with Gasteiger partial charge in [0.05, 0.1) is 18.2 Å². The molecule has 1 aliphatic rings. The molecule has 0 radical (unpaired) electrons. The summed E-state index contributed by atoms with van der Waals surface area (Å²) in [6.45, 7) is 41.6. The van der Waals surface area contributed by atoms with Crippen LogP contribution in [0.15, 0.2) is 127 Å². The van der Waals surface area contributed by atoms with Gasteiger partial charge in [-0.1, -0.05) is 137 Å². The Morgan fingerprint density at radius 1 is 0.579 bits per heavy atom. The fourth-order valence-electron chi connectivity index (χ4n) is 2.98. The molecular weight excluding hydrogens is 705 g/mol. The van der Waals surface area contributed by atoms with E-state index in [2.05, 4.69) is 35.7 Å². The van der Waals surface area contributed by atoms with Crippen LogP contribution >= 0.6 is 0 Å². The molecule has 4 aromatic heterocycles. The number of allylic oxidation sites excluding steroid dienone is 3. The Morgan fingerprint density at radius 2 is 1.07 bits per heavy atom. The first-order valence-corrected chi connectivity index (χ1v) is 20.1. The molecule has 0 spiro atoms. The molecule has 330 valence electrons. The van der Waals surface area contributed by atoms with Crippen molar-refractivity contribution in [1.29, 1.82) is 0 Å². The van der Waals surface area contributed by atoms with Crippen LogP contribution in [0, 0.1) is 32.6 Å². The Kier molecular flexibility index (Phi) is 74.4. The minimum absolute atomic E-state index is 0. The molecule has 0 saturated carbocycles. The van der Waals surface area contributed by atoms with E-state index < -0.39 is 0 Å². The van der Waals surface area contributed by atoms with Crippen LogP contribution in [0.1, 0.15) is 141 Å². The second-order valence-corrected chi connectivity index (χ2v) is 9.54. The lowest BCUT2D eigenvalue weighted by atomic mass is 10.2. The maximum Gasteiger partial charge on any atom is 0.260 e. The molecule has 0 amide bonds. The molecule has 0 aliphatic carbocycles. The monoisotopic (exact) mass is 798 g/mol. The molecule has 0 N–H and O–H groups in total. The third-order valence-corrected chi connectivity index (χ3v) is 5.54. The van der Waals surface area contributed by atoms with Gasteiger partial charge >= 0.3 is 0 Å². The van der Waals surface area contributed by atoms with Crippen molar-refractivity contribution in [2.24, 2.45) is 14.1 Å². The number of hydrogen-bond acceptors (Lipinski definition) is 5. The Morgan fingerprint density at radius 3 is 1.35 bits per heavy atom. The van der Waals surface area contributed by atoms with Crippen LogP contribution in [0.5, 0.6) is 0 Å². The first-order chi connectivity index (χ1) is 26.4. The Bertz CT molecular complexity index is 1460. The van der Waals surface area contributed by atoms with Crippen LogP contribution in [0.3, 0.4) is 0 Å². The van der Waals surface area contributed by atoms with Gasteiger partial charge < -0.3 is 9.47 Å². The molecule has 0 bridgehead atoms. The minimum Gasteiger partial charge on any atom is -0.351 e. The zero-order valence-corrected chi connectivity index (χ0v) is 39.5.